The maximum atomic E-state index is 10.1. The van der Waals surface area contributed by atoms with Gasteiger partial charge in [0.1, 0.15) is 0 Å². The number of aliphatic carboxylic acids is 2. The maximum Gasteiger partial charge on any atom is 0.0675 e. The van der Waals surface area contributed by atoms with E-state index in [1.54, 1.807) is 0 Å². The second-order valence-corrected chi connectivity index (χ2v) is 7.70. The third-order valence-electron chi connectivity index (χ3n) is 1.42. The maximum absolute atomic E-state index is 10.1. The minimum absolute atomic E-state index is 0.0984. The molecular formula is C15H34N2O4. The zero-order valence-corrected chi connectivity index (χ0v) is 15.2. The van der Waals surface area contributed by atoms with Crippen molar-refractivity contribution in [3.8, 4) is 0 Å². The minimum atomic E-state index is -1.56. The van der Waals surface area contributed by atoms with E-state index in [1.807, 2.05) is 6.92 Å². The van der Waals surface area contributed by atoms with Crippen LogP contribution in [-0.2, 0) is 9.59 Å². The zero-order valence-electron chi connectivity index (χ0n) is 15.2. The molecule has 0 saturated heterocycles. The number of carbonyl (C=O) groups excluding carboxylic acids is 2. The van der Waals surface area contributed by atoms with E-state index in [-0.39, 0.29) is 6.42 Å². The summed E-state index contributed by atoms with van der Waals surface area (Å²) in [5.74, 6) is -4.56. The van der Waals surface area contributed by atoms with Crippen molar-refractivity contribution in [2.75, 3.05) is 56.4 Å². The molecule has 0 aliphatic rings. The van der Waals surface area contributed by atoms with E-state index >= 15 is 0 Å². The summed E-state index contributed by atoms with van der Waals surface area (Å²) >= 11 is 0. The summed E-state index contributed by atoms with van der Waals surface area (Å²) in [4.78, 5) is 20.2. The van der Waals surface area contributed by atoms with Crippen LogP contribution in [0, 0.1) is 5.92 Å². The second-order valence-electron chi connectivity index (χ2n) is 7.70. The molecule has 6 nitrogen and oxygen atoms in total. The molecule has 0 rings (SSSR count). The summed E-state index contributed by atoms with van der Waals surface area (Å²) in [6, 6.07) is 0. The SMILES string of the molecule is CCCCC(C(=O)[O-])C(=O)[O-].C[N+](C)(C)C.C[N+](C)(C)C. The van der Waals surface area contributed by atoms with Crippen molar-refractivity contribution in [3.05, 3.63) is 0 Å². The Bertz CT molecular complexity index is 253. The van der Waals surface area contributed by atoms with Crippen molar-refractivity contribution >= 4 is 11.9 Å². The molecule has 6 heteroatoms. The molecule has 0 amide bonds. The zero-order chi connectivity index (χ0) is 17.9. The Balaban J connectivity index is -0.000000270. The molecule has 0 radical (unpaired) electrons. The quantitative estimate of drug-likeness (QED) is 0.479. The average Bonchev–Trinajstić information content (AvgIpc) is 2.11. The first kappa shape index (κ1) is 24.9. The first-order valence-electron chi connectivity index (χ1n) is 7.09. The van der Waals surface area contributed by atoms with Crippen LogP contribution in [-0.4, -0.2) is 77.3 Å². The number of hydrogen-bond donors (Lipinski definition) is 0. The van der Waals surface area contributed by atoms with E-state index in [0.29, 0.717) is 6.42 Å². The van der Waals surface area contributed by atoms with Crippen LogP contribution in [0.1, 0.15) is 26.2 Å². The smallest absolute Gasteiger partial charge is 0.0675 e. The molecule has 0 aromatic heterocycles. The third-order valence-corrected chi connectivity index (χ3v) is 1.42. The number of quaternary nitrogens is 2. The van der Waals surface area contributed by atoms with Gasteiger partial charge in [0.25, 0.3) is 0 Å². The van der Waals surface area contributed by atoms with Crippen molar-refractivity contribution in [2.45, 2.75) is 26.2 Å². The number of carbonyl (C=O) groups is 2. The lowest BCUT2D eigenvalue weighted by atomic mass is 10.0. The highest BCUT2D eigenvalue weighted by Crippen LogP contribution is 2.06. The molecule has 128 valence electrons. The summed E-state index contributed by atoms with van der Waals surface area (Å²) in [5, 5.41) is 20.2. The Morgan fingerprint density at radius 1 is 0.810 bits per heavy atom. The first-order chi connectivity index (χ1) is 9.09. The van der Waals surface area contributed by atoms with E-state index in [2.05, 4.69) is 56.4 Å². The topological polar surface area (TPSA) is 80.3 Å². The van der Waals surface area contributed by atoms with Gasteiger partial charge in [-0.25, -0.2) is 0 Å². The molecule has 0 fully saturated rings. The van der Waals surface area contributed by atoms with Crippen LogP contribution in [0.3, 0.4) is 0 Å². The van der Waals surface area contributed by atoms with E-state index in [1.165, 1.54) is 0 Å². The number of rotatable bonds is 5. The standard InChI is InChI=1S/C7H12O4.2C4H12N/c1-2-3-4-5(6(8)9)7(10)11;2*1-5(2,3)4/h5H,2-4H2,1H3,(H,8,9)(H,10,11);2*1-4H3/q;2*+1/p-2. The van der Waals surface area contributed by atoms with Gasteiger partial charge in [-0.1, -0.05) is 19.8 Å². The van der Waals surface area contributed by atoms with Gasteiger partial charge in [-0.3, -0.25) is 0 Å². The van der Waals surface area contributed by atoms with Gasteiger partial charge in [-0.15, -0.1) is 0 Å². The first-order valence-corrected chi connectivity index (χ1v) is 7.09. The Morgan fingerprint density at radius 2 is 1.05 bits per heavy atom. The third kappa shape index (κ3) is 45.5. The Kier molecular flexibility index (Phi) is 13.6. The van der Waals surface area contributed by atoms with Gasteiger partial charge in [-0.2, -0.15) is 0 Å². The Morgan fingerprint density at radius 3 is 1.19 bits per heavy atom. The molecule has 0 spiro atoms. The predicted molar refractivity (Wildman–Crippen MR) is 80.9 cm³/mol. The van der Waals surface area contributed by atoms with Crippen LogP contribution in [0.4, 0.5) is 0 Å². The molecule has 0 bridgehead atoms. The monoisotopic (exact) mass is 306 g/mol. The van der Waals surface area contributed by atoms with E-state index in [4.69, 9.17) is 0 Å². The molecule has 21 heavy (non-hydrogen) atoms. The average molecular weight is 306 g/mol. The molecule has 0 unspecified atom stereocenters. The van der Waals surface area contributed by atoms with Crippen LogP contribution in [0.2, 0.25) is 0 Å². The van der Waals surface area contributed by atoms with Crippen LogP contribution in [0.5, 0.6) is 0 Å². The van der Waals surface area contributed by atoms with Crippen molar-refractivity contribution in [1.82, 2.24) is 0 Å². The molecule has 0 aliphatic heterocycles. The van der Waals surface area contributed by atoms with Gasteiger partial charge in [0.15, 0.2) is 0 Å². The normalized spacial score (nSPS) is 11.0. The molecule has 0 N–H and O–H groups in total. The van der Waals surface area contributed by atoms with Crippen LogP contribution < -0.4 is 10.2 Å². The summed E-state index contributed by atoms with van der Waals surface area (Å²) in [7, 11) is 17.0. The molecule has 0 aromatic carbocycles. The van der Waals surface area contributed by atoms with Gasteiger partial charge in [0.2, 0.25) is 0 Å². The highest BCUT2D eigenvalue weighted by Gasteiger charge is 2.09. The molecule has 0 saturated carbocycles. The van der Waals surface area contributed by atoms with Gasteiger partial charge in [0.05, 0.1) is 68.3 Å². The minimum Gasteiger partial charge on any atom is -0.549 e. The highest BCUT2D eigenvalue weighted by molar-refractivity contribution is 5.90. The molecular weight excluding hydrogens is 272 g/mol. The molecule has 0 aliphatic carbocycles. The lowest BCUT2D eigenvalue weighted by Gasteiger charge is -2.17. The number of hydrogen-bond acceptors (Lipinski definition) is 4. The van der Waals surface area contributed by atoms with Gasteiger partial charge < -0.3 is 28.8 Å². The predicted octanol–water partition coefficient (Wildman–Crippen LogP) is -1.06. The van der Waals surface area contributed by atoms with E-state index in [9.17, 15) is 19.8 Å². The summed E-state index contributed by atoms with van der Waals surface area (Å²) in [6.45, 7) is 1.85. The fourth-order valence-corrected chi connectivity index (χ4v) is 0.740. The fourth-order valence-electron chi connectivity index (χ4n) is 0.740. The molecule has 0 aromatic rings. The lowest BCUT2D eigenvalue weighted by Crippen LogP contribution is -2.43. The van der Waals surface area contributed by atoms with Gasteiger partial charge in [-0.05, 0) is 6.42 Å². The van der Waals surface area contributed by atoms with Crippen molar-refractivity contribution in [3.63, 3.8) is 0 Å². The van der Waals surface area contributed by atoms with Crippen molar-refractivity contribution < 1.29 is 28.8 Å². The summed E-state index contributed by atoms with van der Waals surface area (Å²) in [6.07, 6.45) is 1.42. The van der Waals surface area contributed by atoms with E-state index in [0.717, 1.165) is 15.4 Å². The second kappa shape index (κ2) is 11.5. The number of nitrogens with zero attached hydrogens (tertiary/aromatic N) is 2. The number of carboxylic acid groups (broad SMARTS) is 2. The molecule has 0 atom stereocenters. The van der Waals surface area contributed by atoms with Gasteiger partial charge in [0, 0.05) is 5.92 Å². The van der Waals surface area contributed by atoms with Crippen LogP contribution >= 0.6 is 0 Å². The Hall–Kier alpha value is -1.14. The van der Waals surface area contributed by atoms with Crippen molar-refractivity contribution in [1.29, 1.82) is 0 Å². The van der Waals surface area contributed by atoms with Crippen molar-refractivity contribution in [2.24, 2.45) is 5.92 Å². The fraction of sp³-hybridized carbons (Fsp3) is 0.867. The van der Waals surface area contributed by atoms with E-state index < -0.39 is 17.9 Å². The van der Waals surface area contributed by atoms with Gasteiger partial charge >= 0.3 is 0 Å². The highest BCUT2D eigenvalue weighted by atomic mass is 16.4. The summed E-state index contributed by atoms with van der Waals surface area (Å²) < 4.78 is 2.00. The number of carboxylic acids is 2. The number of unbranched alkanes of at least 4 members (excludes halogenated alkanes) is 1. The largest absolute Gasteiger partial charge is 0.549 e. The Labute approximate surface area is 130 Å². The lowest BCUT2D eigenvalue weighted by molar-refractivity contribution is -0.849. The summed E-state index contributed by atoms with van der Waals surface area (Å²) in [5.41, 5.74) is 0. The molecule has 0 heterocycles. The van der Waals surface area contributed by atoms with Crippen LogP contribution in [0.25, 0.3) is 0 Å². The van der Waals surface area contributed by atoms with Crippen LogP contribution in [0.15, 0.2) is 0 Å².